The van der Waals surface area contributed by atoms with E-state index in [0.717, 1.165) is 30.7 Å². The number of carbonyl (C=O) groups excluding carboxylic acids is 2. The molecule has 202 valence electrons. The number of fused-ring (bicyclic) bond motifs is 1. The van der Waals surface area contributed by atoms with Crippen molar-refractivity contribution < 1.29 is 19.4 Å². The molecule has 3 aromatic rings. The molecule has 1 aliphatic heterocycles. The van der Waals surface area contributed by atoms with E-state index in [1.807, 2.05) is 61.5 Å². The first-order chi connectivity index (χ1) is 18.3. The van der Waals surface area contributed by atoms with Crippen molar-refractivity contribution in [1.29, 1.82) is 0 Å². The van der Waals surface area contributed by atoms with Gasteiger partial charge in [0.2, 0.25) is 0 Å². The molecule has 1 aromatic carbocycles. The van der Waals surface area contributed by atoms with E-state index in [9.17, 15) is 14.7 Å². The van der Waals surface area contributed by atoms with Crippen LogP contribution < -0.4 is 4.74 Å². The Bertz CT molecular complexity index is 1310. The maximum Gasteiger partial charge on any atom is 0.295 e. The summed E-state index contributed by atoms with van der Waals surface area (Å²) < 4.78 is 7.65. The maximum absolute atomic E-state index is 13.4. The Kier molecular flexibility index (Phi) is 8.84. The summed E-state index contributed by atoms with van der Waals surface area (Å²) in [6.45, 7) is 5.78. The maximum atomic E-state index is 13.4. The van der Waals surface area contributed by atoms with E-state index in [1.54, 1.807) is 22.4 Å². The molecule has 1 atom stereocenters. The van der Waals surface area contributed by atoms with Crippen LogP contribution in [0.15, 0.2) is 54.2 Å². The number of ether oxygens (including phenoxy) is 1. The number of imidazole rings is 1. The van der Waals surface area contributed by atoms with Crippen molar-refractivity contribution in [3.63, 3.8) is 0 Å². The van der Waals surface area contributed by atoms with Crippen LogP contribution in [-0.4, -0.2) is 69.8 Å². The number of pyridine rings is 1. The lowest BCUT2D eigenvalue weighted by Crippen LogP contribution is -2.32. The van der Waals surface area contributed by atoms with Crippen molar-refractivity contribution in [3.05, 3.63) is 71.2 Å². The standard InChI is InChI=1S/C30H38N4O4/c1-5-6-7-10-20-38-23-15-13-22(14-16-23)27-25(29(36)30(37)34(27)19-11-17-32(3)4)28(35)26-21(2)31-24-12-8-9-18-33(24)26/h8-9,12-16,18,27,35H,5-7,10-11,17,19-20H2,1-4H3/b28-25+. The van der Waals surface area contributed by atoms with E-state index in [4.69, 9.17) is 4.74 Å². The van der Waals surface area contributed by atoms with Crippen LogP contribution in [0, 0.1) is 6.92 Å². The molecule has 1 unspecified atom stereocenters. The van der Waals surface area contributed by atoms with Crippen LogP contribution >= 0.6 is 0 Å². The Morgan fingerprint density at radius 2 is 1.82 bits per heavy atom. The van der Waals surface area contributed by atoms with E-state index < -0.39 is 17.7 Å². The highest BCUT2D eigenvalue weighted by Gasteiger charge is 2.46. The van der Waals surface area contributed by atoms with Gasteiger partial charge in [0.1, 0.15) is 17.1 Å². The third kappa shape index (κ3) is 5.75. The number of hydrogen-bond donors (Lipinski definition) is 1. The van der Waals surface area contributed by atoms with Gasteiger partial charge in [-0.15, -0.1) is 0 Å². The second kappa shape index (κ2) is 12.3. The van der Waals surface area contributed by atoms with Gasteiger partial charge in [0.15, 0.2) is 5.76 Å². The summed E-state index contributed by atoms with van der Waals surface area (Å²) in [6, 6.07) is 12.3. The normalized spacial score (nSPS) is 17.2. The number of aliphatic hydroxyl groups is 1. The van der Waals surface area contributed by atoms with Gasteiger partial charge in [-0.1, -0.05) is 44.4 Å². The van der Waals surface area contributed by atoms with Gasteiger partial charge in [-0.3, -0.25) is 14.0 Å². The minimum absolute atomic E-state index is 0.0850. The summed E-state index contributed by atoms with van der Waals surface area (Å²) in [4.78, 5) is 34.8. The van der Waals surface area contributed by atoms with Crippen LogP contribution in [0.5, 0.6) is 5.75 Å². The summed E-state index contributed by atoms with van der Waals surface area (Å²) in [5.41, 5.74) is 2.49. The minimum atomic E-state index is -0.704. The summed E-state index contributed by atoms with van der Waals surface area (Å²) in [5.74, 6) is -0.750. The number of likely N-dealkylation sites (tertiary alicyclic amines) is 1. The second-order valence-electron chi connectivity index (χ2n) is 10.1. The molecule has 1 amide bonds. The zero-order valence-electron chi connectivity index (χ0n) is 22.8. The number of carbonyl (C=O) groups is 2. The number of aliphatic hydroxyl groups excluding tert-OH is 1. The monoisotopic (exact) mass is 518 g/mol. The molecule has 0 aliphatic carbocycles. The molecule has 0 radical (unpaired) electrons. The smallest absolute Gasteiger partial charge is 0.295 e. The third-order valence-corrected chi connectivity index (χ3v) is 6.94. The van der Waals surface area contributed by atoms with Gasteiger partial charge in [0.25, 0.3) is 11.7 Å². The van der Waals surface area contributed by atoms with Gasteiger partial charge >= 0.3 is 0 Å². The van der Waals surface area contributed by atoms with E-state index in [0.29, 0.717) is 36.6 Å². The van der Waals surface area contributed by atoms with Gasteiger partial charge in [-0.05, 0) is 70.2 Å². The average Bonchev–Trinajstić information content (AvgIpc) is 3.37. The summed E-state index contributed by atoms with van der Waals surface area (Å²) in [7, 11) is 3.94. The van der Waals surface area contributed by atoms with Crippen LogP contribution in [-0.2, 0) is 9.59 Å². The molecule has 2 aromatic heterocycles. The molecule has 8 heteroatoms. The molecule has 4 rings (SSSR count). The lowest BCUT2D eigenvalue weighted by molar-refractivity contribution is -0.139. The lowest BCUT2D eigenvalue weighted by Gasteiger charge is -2.26. The Morgan fingerprint density at radius 1 is 1.05 bits per heavy atom. The first-order valence-electron chi connectivity index (χ1n) is 13.4. The quantitative estimate of drug-likeness (QED) is 0.158. The van der Waals surface area contributed by atoms with Crippen LogP contribution in [0.4, 0.5) is 0 Å². The van der Waals surface area contributed by atoms with Crippen molar-refractivity contribution in [2.75, 3.05) is 33.8 Å². The fourth-order valence-electron chi connectivity index (χ4n) is 5.01. The largest absolute Gasteiger partial charge is 0.505 e. The summed E-state index contributed by atoms with van der Waals surface area (Å²) in [6.07, 6.45) is 7.00. The highest BCUT2D eigenvalue weighted by Crippen LogP contribution is 2.40. The van der Waals surface area contributed by atoms with Crippen molar-refractivity contribution >= 4 is 23.1 Å². The number of aryl methyl sites for hydroxylation is 1. The molecule has 0 spiro atoms. The molecule has 38 heavy (non-hydrogen) atoms. The zero-order valence-corrected chi connectivity index (χ0v) is 22.8. The van der Waals surface area contributed by atoms with Gasteiger partial charge in [-0.25, -0.2) is 4.98 Å². The molecule has 0 saturated carbocycles. The predicted molar refractivity (Wildman–Crippen MR) is 148 cm³/mol. The van der Waals surface area contributed by atoms with Crippen molar-refractivity contribution in [3.8, 4) is 5.75 Å². The van der Waals surface area contributed by atoms with Gasteiger partial charge in [0.05, 0.1) is 23.9 Å². The number of aromatic nitrogens is 2. The number of ketones is 1. The molecule has 3 heterocycles. The molecule has 1 fully saturated rings. The lowest BCUT2D eigenvalue weighted by atomic mass is 9.96. The number of Topliss-reactive ketones (excluding diaryl/α,β-unsaturated/α-hetero) is 1. The summed E-state index contributed by atoms with van der Waals surface area (Å²) >= 11 is 0. The number of hydrogen-bond acceptors (Lipinski definition) is 6. The Balaban J connectivity index is 1.71. The molecule has 1 N–H and O–H groups in total. The van der Waals surface area contributed by atoms with Crippen LogP contribution in [0.3, 0.4) is 0 Å². The van der Waals surface area contributed by atoms with Crippen LogP contribution in [0.25, 0.3) is 11.4 Å². The van der Waals surface area contributed by atoms with Gasteiger partial charge in [-0.2, -0.15) is 0 Å². The first-order valence-corrected chi connectivity index (χ1v) is 13.4. The van der Waals surface area contributed by atoms with Crippen molar-refractivity contribution in [2.45, 2.75) is 52.0 Å². The third-order valence-electron chi connectivity index (χ3n) is 6.94. The van der Waals surface area contributed by atoms with Crippen molar-refractivity contribution in [2.24, 2.45) is 0 Å². The Morgan fingerprint density at radius 3 is 2.53 bits per heavy atom. The molecule has 1 saturated heterocycles. The second-order valence-corrected chi connectivity index (χ2v) is 10.1. The number of amides is 1. The van der Waals surface area contributed by atoms with Gasteiger partial charge < -0.3 is 19.6 Å². The number of rotatable bonds is 12. The fourth-order valence-corrected chi connectivity index (χ4v) is 5.01. The number of unbranched alkanes of at least 4 members (excludes halogenated alkanes) is 3. The average molecular weight is 519 g/mol. The van der Waals surface area contributed by atoms with E-state index in [1.165, 1.54) is 12.8 Å². The number of nitrogens with zero attached hydrogens (tertiary/aromatic N) is 4. The molecule has 8 nitrogen and oxygen atoms in total. The van der Waals surface area contributed by atoms with Crippen LogP contribution in [0.1, 0.15) is 62.0 Å². The molecule has 0 bridgehead atoms. The van der Waals surface area contributed by atoms with E-state index in [-0.39, 0.29) is 11.3 Å². The number of benzene rings is 1. The van der Waals surface area contributed by atoms with Crippen LogP contribution in [0.2, 0.25) is 0 Å². The van der Waals surface area contributed by atoms with Gasteiger partial charge in [0, 0.05) is 12.7 Å². The van der Waals surface area contributed by atoms with Crippen molar-refractivity contribution in [1.82, 2.24) is 19.2 Å². The molecular weight excluding hydrogens is 480 g/mol. The Hall–Kier alpha value is -3.65. The minimum Gasteiger partial charge on any atom is -0.505 e. The predicted octanol–water partition coefficient (Wildman–Crippen LogP) is 4.98. The highest BCUT2D eigenvalue weighted by atomic mass is 16.5. The van der Waals surface area contributed by atoms with E-state index in [2.05, 4.69) is 11.9 Å². The molecule has 1 aliphatic rings. The molecular formula is C30H38N4O4. The fraction of sp³-hybridized carbons (Fsp3) is 0.433. The highest BCUT2D eigenvalue weighted by molar-refractivity contribution is 6.46. The first kappa shape index (κ1) is 27.4. The zero-order chi connectivity index (χ0) is 27.2. The summed E-state index contributed by atoms with van der Waals surface area (Å²) in [5, 5.41) is 11.6. The Labute approximate surface area is 224 Å². The topological polar surface area (TPSA) is 87.4 Å². The SMILES string of the molecule is CCCCCCOc1ccc(C2/C(=C(\O)c3c(C)nc4ccccn34)C(=O)C(=O)N2CCCN(C)C)cc1. The van der Waals surface area contributed by atoms with E-state index >= 15 is 0 Å².